The quantitative estimate of drug-likeness (QED) is 0.480. The predicted octanol–water partition coefficient (Wildman–Crippen LogP) is 1.89. The molecular weight excluding hydrogens is 220 g/mol. The molecule has 5 heteroatoms. The summed E-state index contributed by atoms with van der Waals surface area (Å²) < 4.78 is 5.41. The van der Waals surface area contributed by atoms with E-state index in [2.05, 4.69) is 16.5 Å². The molecule has 0 fully saturated rings. The van der Waals surface area contributed by atoms with Crippen LogP contribution >= 0.6 is 0 Å². The summed E-state index contributed by atoms with van der Waals surface area (Å²) in [6.45, 7) is 5.92. The van der Waals surface area contributed by atoms with Gasteiger partial charge in [-0.3, -0.25) is 0 Å². The SMILES string of the molecule is C=COOC1N=C(N)c2ccc(OCC)cc21. The maximum atomic E-state index is 5.78. The van der Waals surface area contributed by atoms with Crippen molar-refractivity contribution in [2.75, 3.05) is 6.61 Å². The van der Waals surface area contributed by atoms with Gasteiger partial charge >= 0.3 is 0 Å². The molecule has 0 spiro atoms. The summed E-state index contributed by atoms with van der Waals surface area (Å²) in [4.78, 5) is 13.9. The number of benzene rings is 1. The highest BCUT2D eigenvalue weighted by Crippen LogP contribution is 2.32. The Kier molecular flexibility index (Phi) is 3.30. The molecule has 17 heavy (non-hydrogen) atoms. The van der Waals surface area contributed by atoms with Crippen LogP contribution in [0, 0.1) is 0 Å². The highest BCUT2D eigenvalue weighted by molar-refractivity contribution is 6.01. The fourth-order valence-electron chi connectivity index (χ4n) is 1.67. The van der Waals surface area contributed by atoms with Crippen LogP contribution < -0.4 is 10.5 Å². The molecule has 0 amide bonds. The standard InChI is InChI=1S/C12H14N2O3/c1-3-15-8-5-6-9-10(7-8)12(14-11(9)13)17-16-4-2/h4-7,12H,2-3H2,1H3,(H2,13,14). The number of hydrogen-bond acceptors (Lipinski definition) is 5. The van der Waals surface area contributed by atoms with E-state index in [9.17, 15) is 0 Å². The number of nitrogens with two attached hydrogens (primary N) is 1. The Balaban J connectivity index is 2.27. The number of aliphatic imine (C=N–C) groups is 1. The molecule has 1 aromatic rings. The molecule has 1 aromatic carbocycles. The van der Waals surface area contributed by atoms with E-state index < -0.39 is 6.23 Å². The Morgan fingerprint density at radius 1 is 1.53 bits per heavy atom. The van der Waals surface area contributed by atoms with Gasteiger partial charge in [-0.05, 0) is 25.1 Å². The van der Waals surface area contributed by atoms with Gasteiger partial charge in [0, 0.05) is 11.1 Å². The first kappa shape index (κ1) is 11.5. The van der Waals surface area contributed by atoms with Gasteiger partial charge in [0.05, 0.1) is 6.61 Å². The second-order valence-corrected chi connectivity index (χ2v) is 3.41. The van der Waals surface area contributed by atoms with Crippen molar-refractivity contribution >= 4 is 5.84 Å². The molecule has 0 bridgehead atoms. The topological polar surface area (TPSA) is 66.1 Å². The molecule has 0 saturated heterocycles. The summed E-state index contributed by atoms with van der Waals surface area (Å²) in [5.41, 5.74) is 7.45. The van der Waals surface area contributed by atoms with E-state index in [0.29, 0.717) is 12.4 Å². The minimum Gasteiger partial charge on any atom is -0.494 e. The molecule has 1 atom stereocenters. The van der Waals surface area contributed by atoms with Gasteiger partial charge in [0.25, 0.3) is 0 Å². The normalized spacial score (nSPS) is 17.2. The van der Waals surface area contributed by atoms with Crippen LogP contribution in [0.4, 0.5) is 0 Å². The number of fused-ring (bicyclic) bond motifs is 1. The zero-order valence-corrected chi connectivity index (χ0v) is 9.55. The summed E-state index contributed by atoms with van der Waals surface area (Å²) in [6.07, 6.45) is 0.624. The minimum absolute atomic E-state index is 0.431. The minimum atomic E-state index is -0.566. The predicted molar refractivity (Wildman–Crippen MR) is 63.4 cm³/mol. The molecule has 5 nitrogen and oxygen atoms in total. The Bertz CT molecular complexity index is 457. The lowest BCUT2D eigenvalue weighted by molar-refractivity contribution is -0.283. The highest BCUT2D eigenvalue weighted by atomic mass is 17.2. The van der Waals surface area contributed by atoms with Gasteiger partial charge in [-0.25, -0.2) is 4.99 Å². The second kappa shape index (κ2) is 4.88. The average Bonchev–Trinajstić information content (AvgIpc) is 2.64. The summed E-state index contributed by atoms with van der Waals surface area (Å²) in [7, 11) is 0. The number of nitrogens with zero attached hydrogens (tertiary/aromatic N) is 1. The van der Waals surface area contributed by atoms with Crippen LogP contribution in [0.1, 0.15) is 24.3 Å². The van der Waals surface area contributed by atoms with Gasteiger partial charge < -0.3 is 15.4 Å². The van der Waals surface area contributed by atoms with Crippen LogP contribution in [-0.2, 0) is 9.78 Å². The molecule has 90 valence electrons. The molecule has 2 rings (SSSR count). The molecule has 1 aliphatic rings. The van der Waals surface area contributed by atoms with E-state index in [4.69, 9.17) is 15.4 Å². The fourth-order valence-corrected chi connectivity index (χ4v) is 1.67. The summed E-state index contributed by atoms with van der Waals surface area (Å²) in [5, 5.41) is 0. The first-order valence-corrected chi connectivity index (χ1v) is 5.29. The zero-order valence-electron chi connectivity index (χ0n) is 9.55. The van der Waals surface area contributed by atoms with Crippen molar-refractivity contribution in [2.24, 2.45) is 10.7 Å². The van der Waals surface area contributed by atoms with Gasteiger partial charge in [-0.15, -0.1) is 0 Å². The number of ether oxygens (including phenoxy) is 1. The zero-order chi connectivity index (χ0) is 12.3. The summed E-state index contributed by atoms with van der Waals surface area (Å²) in [6, 6.07) is 5.55. The molecule has 0 aromatic heterocycles. The van der Waals surface area contributed by atoms with Crippen LogP contribution in [-0.4, -0.2) is 12.4 Å². The van der Waals surface area contributed by atoms with E-state index in [-0.39, 0.29) is 0 Å². The van der Waals surface area contributed by atoms with E-state index in [0.717, 1.165) is 16.9 Å². The molecule has 2 N–H and O–H groups in total. The van der Waals surface area contributed by atoms with Crippen molar-refractivity contribution in [3.05, 3.63) is 42.2 Å². The van der Waals surface area contributed by atoms with Crippen molar-refractivity contribution in [2.45, 2.75) is 13.2 Å². The molecule has 1 unspecified atom stereocenters. The fraction of sp³-hybridized carbons (Fsp3) is 0.250. The van der Waals surface area contributed by atoms with Crippen molar-refractivity contribution in [1.29, 1.82) is 0 Å². The Hall–Kier alpha value is -2.01. The summed E-state index contributed by atoms with van der Waals surface area (Å²) in [5.74, 6) is 1.18. The van der Waals surface area contributed by atoms with Gasteiger partial charge in [-0.2, -0.15) is 4.89 Å². The monoisotopic (exact) mass is 234 g/mol. The Morgan fingerprint density at radius 2 is 2.35 bits per heavy atom. The smallest absolute Gasteiger partial charge is 0.222 e. The van der Waals surface area contributed by atoms with Crippen molar-refractivity contribution in [3.63, 3.8) is 0 Å². The highest BCUT2D eigenvalue weighted by Gasteiger charge is 2.25. The van der Waals surface area contributed by atoms with Crippen molar-refractivity contribution in [1.82, 2.24) is 0 Å². The van der Waals surface area contributed by atoms with Crippen molar-refractivity contribution < 1.29 is 14.5 Å². The first-order valence-electron chi connectivity index (χ1n) is 5.29. The maximum absolute atomic E-state index is 5.78. The third-order valence-electron chi connectivity index (χ3n) is 2.35. The number of rotatable bonds is 5. The maximum Gasteiger partial charge on any atom is 0.222 e. The molecule has 1 heterocycles. The largest absolute Gasteiger partial charge is 0.494 e. The molecule has 1 aliphatic heterocycles. The van der Waals surface area contributed by atoms with Gasteiger partial charge in [0.1, 0.15) is 17.8 Å². The van der Waals surface area contributed by atoms with Gasteiger partial charge in [0.2, 0.25) is 6.23 Å². The van der Waals surface area contributed by atoms with Gasteiger partial charge in [-0.1, -0.05) is 6.58 Å². The van der Waals surface area contributed by atoms with Crippen LogP contribution in [0.3, 0.4) is 0 Å². The van der Waals surface area contributed by atoms with Crippen LogP contribution in [0.5, 0.6) is 5.75 Å². The summed E-state index contributed by atoms with van der Waals surface area (Å²) >= 11 is 0. The molecular formula is C12H14N2O3. The van der Waals surface area contributed by atoms with Crippen molar-refractivity contribution in [3.8, 4) is 5.75 Å². The van der Waals surface area contributed by atoms with E-state index >= 15 is 0 Å². The second-order valence-electron chi connectivity index (χ2n) is 3.41. The van der Waals surface area contributed by atoms with Crippen LogP contribution in [0.15, 0.2) is 36.0 Å². The van der Waals surface area contributed by atoms with E-state index in [1.807, 2.05) is 25.1 Å². The van der Waals surface area contributed by atoms with E-state index in [1.165, 1.54) is 6.26 Å². The lowest BCUT2D eigenvalue weighted by atomic mass is 10.1. The average molecular weight is 234 g/mol. The molecule has 0 radical (unpaired) electrons. The Morgan fingerprint density at radius 3 is 3.06 bits per heavy atom. The number of hydrogen-bond donors (Lipinski definition) is 1. The lowest BCUT2D eigenvalue weighted by Crippen LogP contribution is -2.10. The number of amidine groups is 1. The first-order chi connectivity index (χ1) is 8.26. The third kappa shape index (κ3) is 2.24. The molecule has 0 aliphatic carbocycles. The van der Waals surface area contributed by atoms with Crippen LogP contribution in [0.25, 0.3) is 0 Å². The molecule has 0 saturated carbocycles. The van der Waals surface area contributed by atoms with E-state index in [1.54, 1.807) is 0 Å². The third-order valence-corrected chi connectivity index (χ3v) is 2.35. The van der Waals surface area contributed by atoms with Crippen LogP contribution in [0.2, 0.25) is 0 Å². The lowest BCUT2D eigenvalue weighted by Gasteiger charge is -2.10. The van der Waals surface area contributed by atoms with Gasteiger partial charge in [0.15, 0.2) is 0 Å². The Labute approximate surface area is 99.4 Å².